The van der Waals surface area contributed by atoms with Gasteiger partial charge in [-0.3, -0.25) is 0 Å². The standard InChI is InChI=1S/C23H24N2O3Si2/c1-27-23(26)22-18-11-15-13-20-21(30(4,5)28-29(20,2)3)14-16(15)12-19(18)25(24-22)17-9-7-6-8-10-17/h6-14H,1-5H3. The predicted octanol–water partition coefficient (Wildman–Crippen LogP) is 3.82. The van der Waals surface area contributed by atoms with Crippen LogP contribution < -0.4 is 10.4 Å². The van der Waals surface area contributed by atoms with Crippen LogP contribution in [-0.4, -0.2) is 39.5 Å². The summed E-state index contributed by atoms with van der Waals surface area (Å²) in [6, 6.07) is 18.6. The first kappa shape index (κ1) is 19.2. The van der Waals surface area contributed by atoms with Gasteiger partial charge in [0.05, 0.1) is 18.3 Å². The Balaban J connectivity index is 1.85. The topological polar surface area (TPSA) is 53.3 Å². The number of methoxy groups -OCH3 is 1. The molecular weight excluding hydrogens is 408 g/mol. The Labute approximate surface area is 177 Å². The van der Waals surface area contributed by atoms with Crippen LogP contribution in [0.2, 0.25) is 26.2 Å². The lowest BCUT2D eigenvalue weighted by atomic mass is 10.1. The zero-order valence-electron chi connectivity index (χ0n) is 17.8. The molecule has 0 atom stereocenters. The summed E-state index contributed by atoms with van der Waals surface area (Å²) in [7, 11) is -2.44. The van der Waals surface area contributed by atoms with Crippen molar-refractivity contribution in [3.05, 3.63) is 60.3 Å². The fraction of sp³-hybridized carbons (Fsp3) is 0.217. The molecule has 0 saturated carbocycles. The molecule has 30 heavy (non-hydrogen) atoms. The van der Waals surface area contributed by atoms with Crippen molar-refractivity contribution in [2.24, 2.45) is 0 Å². The zero-order valence-corrected chi connectivity index (χ0v) is 19.8. The summed E-state index contributed by atoms with van der Waals surface area (Å²) in [5, 5.41) is 10.4. The first-order valence-electron chi connectivity index (χ1n) is 10.1. The molecule has 0 bridgehead atoms. The molecule has 0 aliphatic carbocycles. The summed E-state index contributed by atoms with van der Waals surface area (Å²) >= 11 is 0. The lowest BCUT2D eigenvalue weighted by Gasteiger charge is -2.22. The lowest BCUT2D eigenvalue weighted by molar-refractivity contribution is 0.0595. The predicted molar refractivity (Wildman–Crippen MR) is 125 cm³/mol. The van der Waals surface area contributed by atoms with Crippen LogP contribution in [0.25, 0.3) is 27.4 Å². The van der Waals surface area contributed by atoms with Crippen LogP contribution in [0, 0.1) is 0 Å². The van der Waals surface area contributed by atoms with Gasteiger partial charge in [0.1, 0.15) is 0 Å². The van der Waals surface area contributed by atoms with Gasteiger partial charge in [-0.25, -0.2) is 9.48 Å². The molecule has 3 aromatic carbocycles. The van der Waals surface area contributed by atoms with E-state index < -0.39 is 22.6 Å². The smallest absolute Gasteiger partial charge is 0.359 e. The molecule has 5 rings (SSSR count). The third-order valence-corrected chi connectivity index (χ3v) is 13.7. The number of ether oxygens (including phenoxy) is 1. The minimum Gasteiger partial charge on any atom is -0.464 e. The molecule has 5 nitrogen and oxygen atoms in total. The highest BCUT2D eigenvalue weighted by atomic mass is 28.4. The van der Waals surface area contributed by atoms with E-state index in [1.165, 1.54) is 17.5 Å². The van der Waals surface area contributed by atoms with E-state index in [1.54, 1.807) is 0 Å². The van der Waals surface area contributed by atoms with E-state index in [0.29, 0.717) is 5.69 Å². The number of aromatic nitrogens is 2. The van der Waals surface area contributed by atoms with Crippen molar-refractivity contribution in [1.29, 1.82) is 0 Å². The van der Waals surface area contributed by atoms with E-state index in [2.05, 4.69) is 55.6 Å². The van der Waals surface area contributed by atoms with Crippen LogP contribution in [0.3, 0.4) is 0 Å². The number of carbonyl (C=O) groups excluding carboxylic acids is 1. The summed E-state index contributed by atoms with van der Waals surface area (Å²) in [6.07, 6.45) is 0. The SMILES string of the molecule is COC(=O)c1nn(-c2ccccc2)c2cc3cc4c(cc3cc12)[Si](C)(C)O[Si]4(C)C. The van der Waals surface area contributed by atoms with Gasteiger partial charge in [-0.1, -0.05) is 30.3 Å². The van der Waals surface area contributed by atoms with E-state index >= 15 is 0 Å². The summed E-state index contributed by atoms with van der Waals surface area (Å²) < 4.78 is 13.5. The number of hydrogen-bond acceptors (Lipinski definition) is 4. The van der Waals surface area contributed by atoms with Gasteiger partial charge in [0, 0.05) is 5.39 Å². The van der Waals surface area contributed by atoms with E-state index in [1.807, 2.05) is 35.0 Å². The maximum absolute atomic E-state index is 12.5. The molecule has 0 fully saturated rings. The molecule has 1 aromatic heterocycles. The van der Waals surface area contributed by atoms with Gasteiger partial charge in [0.25, 0.3) is 0 Å². The zero-order chi connectivity index (χ0) is 21.3. The second-order valence-electron chi connectivity index (χ2n) is 8.82. The average molecular weight is 433 g/mol. The molecule has 0 unspecified atom stereocenters. The van der Waals surface area contributed by atoms with Gasteiger partial charge in [-0.05, 0) is 71.6 Å². The Hall–Kier alpha value is -2.75. The molecule has 1 aliphatic rings. The number of para-hydroxylation sites is 1. The second-order valence-corrected chi connectivity index (χ2v) is 16.8. The van der Waals surface area contributed by atoms with Gasteiger partial charge in [0.15, 0.2) is 5.69 Å². The van der Waals surface area contributed by atoms with Gasteiger partial charge in [0.2, 0.25) is 16.6 Å². The molecule has 1 aliphatic heterocycles. The van der Waals surface area contributed by atoms with Crippen LogP contribution in [0.5, 0.6) is 0 Å². The summed E-state index contributed by atoms with van der Waals surface area (Å²) in [5.41, 5.74) is 2.13. The normalized spacial score (nSPS) is 16.7. The Kier molecular flexibility index (Phi) is 4.09. The molecule has 7 heteroatoms. The Bertz CT molecular complexity index is 1330. The highest BCUT2D eigenvalue weighted by Gasteiger charge is 2.46. The van der Waals surface area contributed by atoms with Crippen molar-refractivity contribution in [2.75, 3.05) is 7.11 Å². The first-order chi connectivity index (χ1) is 14.2. The van der Waals surface area contributed by atoms with Gasteiger partial charge in [-0.2, -0.15) is 5.10 Å². The van der Waals surface area contributed by atoms with Gasteiger partial charge >= 0.3 is 5.97 Å². The summed E-state index contributed by atoms with van der Waals surface area (Å²) in [5.74, 6) is -0.429. The lowest BCUT2D eigenvalue weighted by Crippen LogP contribution is -2.43. The van der Waals surface area contributed by atoms with Crippen LogP contribution in [0.4, 0.5) is 0 Å². The largest absolute Gasteiger partial charge is 0.464 e. The average Bonchev–Trinajstić information content (AvgIpc) is 3.16. The molecular formula is C23H24N2O3Si2. The third kappa shape index (κ3) is 2.77. The Morgan fingerprint density at radius 3 is 2.13 bits per heavy atom. The minimum absolute atomic E-state index is 0.334. The van der Waals surface area contributed by atoms with Crippen molar-refractivity contribution < 1.29 is 13.6 Å². The van der Waals surface area contributed by atoms with E-state index in [4.69, 9.17) is 8.85 Å². The Morgan fingerprint density at radius 1 is 0.933 bits per heavy atom. The third-order valence-electron chi connectivity index (χ3n) is 5.96. The number of nitrogens with zero attached hydrogens (tertiary/aromatic N) is 2. The van der Waals surface area contributed by atoms with Crippen LogP contribution in [0.1, 0.15) is 10.5 Å². The first-order valence-corrected chi connectivity index (χ1v) is 15.9. The minimum atomic E-state index is -1.92. The van der Waals surface area contributed by atoms with E-state index in [9.17, 15) is 4.79 Å². The van der Waals surface area contributed by atoms with Gasteiger partial charge < -0.3 is 8.85 Å². The number of carbonyl (C=O) groups is 1. The maximum Gasteiger partial charge on any atom is 0.359 e. The number of benzene rings is 3. The number of rotatable bonds is 2. The molecule has 0 saturated heterocycles. The highest BCUT2D eigenvalue weighted by Crippen LogP contribution is 2.30. The molecule has 4 aromatic rings. The number of fused-ring (bicyclic) bond motifs is 3. The molecule has 0 radical (unpaired) electrons. The fourth-order valence-corrected chi connectivity index (χ4v) is 14.9. The molecule has 2 heterocycles. The van der Waals surface area contributed by atoms with E-state index in [0.717, 1.165) is 27.4 Å². The molecule has 0 amide bonds. The van der Waals surface area contributed by atoms with Crippen molar-refractivity contribution in [1.82, 2.24) is 9.78 Å². The highest BCUT2D eigenvalue weighted by molar-refractivity contribution is 7.06. The second kappa shape index (κ2) is 6.37. The van der Waals surface area contributed by atoms with Crippen LogP contribution in [0.15, 0.2) is 54.6 Å². The van der Waals surface area contributed by atoms with Crippen molar-refractivity contribution in [2.45, 2.75) is 26.2 Å². The summed E-state index contributed by atoms with van der Waals surface area (Å²) in [4.78, 5) is 12.5. The maximum atomic E-state index is 12.5. The van der Waals surface area contributed by atoms with Crippen molar-refractivity contribution in [3.8, 4) is 5.69 Å². The summed E-state index contributed by atoms with van der Waals surface area (Å²) in [6.45, 7) is 9.10. The molecule has 0 spiro atoms. The van der Waals surface area contributed by atoms with E-state index in [-0.39, 0.29) is 0 Å². The molecule has 0 N–H and O–H groups in total. The fourth-order valence-electron chi connectivity index (χ4n) is 4.67. The van der Waals surface area contributed by atoms with Crippen LogP contribution in [-0.2, 0) is 8.85 Å². The molecule has 152 valence electrons. The number of esters is 1. The monoisotopic (exact) mass is 432 g/mol. The van der Waals surface area contributed by atoms with Crippen molar-refractivity contribution >= 4 is 54.7 Å². The van der Waals surface area contributed by atoms with Crippen molar-refractivity contribution in [3.63, 3.8) is 0 Å². The Morgan fingerprint density at radius 2 is 1.53 bits per heavy atom. The van der Waals surface area contributed by atoms with Gasteiger partial charge in [-0.15, -0.1) is 0 Å². The quantitative estimate of drug-likeness (QED) is 0.357. The number of hydrogen-bond donors (Lipinski definition) is 0. The van der Waals surface area contributed by atoms with Crippen LogP contribution >= 0.6 is 0 Å².